The van der Waals surface area contributed by atoms with Crippen LogP contribution in [0.15, 0.2) is 48.5 Å². The molecule has 3 aromatic rings. The van der Waals surface area contributed by atoms with Crippen LogP contribution in [-0.2, 0) is 25.7 Å². The summed E-state index contributed by atoms with van der Waals surface area (Å²) in [4.78, 5) is 25.3. The number of carbonyl (C=O) groups is 2. The lowest BCUT2D eigenvalue weighted by Gasteiger charge is -2.13. The monoisotopic (exact) mass is 434 g/mol. The second-order valence-corrected chi connectivity index (χ2v) is 8.92. The van der Waals surface area contributed by atoms with Crippen molar-refractivity contribution in [3.63, 3.8) is 0 Å². The van der Waals surface area contributed by atoms with E-state index in [1.54, 1.807) is 23.5 Å². The molecule has 1 aromatic heterocycles. The Kier molecular flexibility index (Phi) is 6.37. The molecule has 1 amide bonds. The average Bonchev–Trinajstić information content (AvgIpc) is 3.18. The van der Waals surface area contributed by atoms with E-state index in [-0.39, 0.29) is 5.91 Å². The van der Waals surface area contributed by atoms with Crippen LogP contribution in [0, 0.1) is 0 Å². The predicted octanol–water partition coefficient (Wildman–Crippen LogP) is 5.40. The Morgan fingerprint density at radius 2 is 1.55 bits per heavy atom. The Morgan fingerprint density at radius 1 is 0.935 bits per heavy atom. The zero-order chi connectivity index (χ0) is 21.8. The highest BCUT2D eigenvalue weighted by Gasteiger charge is 2.24. The van der Waals surface area contributed by atoms with Gasteiger partial charge >= 0.3 is 5.97 Å². The van der Waals surface area contributed by atoms with Gasteiger partial charge in [-0.05, 0) is 79.5 Å². The summed E-state index contributed by atoms with van der Waals surface area (Å²) < 4.78 is 0. The molecule has 0 unspecified atom stereocenters. The SMILES string of the molecule is CNc1sc2c(c1C(=O)Nc1ccc(CCc3ccc(C(=O)O)cc3)cc1)CCCC2. The molecule has 1 heterocycles. The maximum Gasteiger partial charge on any atom is 0.335 e. The lowest BCUT2D eigenvalue weighted by molar-refractivity contribution is 0.0696. The third-order valence-electron chi connectivity index (χ3n) is 5.74. The number of carboxylic acids is 1. The van der Waals surface area contributed by atoms with E-state index in [2.05, 4.69) is 10.6 Å². The van der Waals surface area contributed by atoms with Gasteiger partial charge in [0, 0.05) is 17.6 Å². The number of benzene rings is 2. The molecule has 160 valence electrons. The minimum absolute atomic E-state index is 0.0463. The topological polar surface area (TPSA) is 78.4 Å². The summed E-state index contributed by atoms with van der Waals surface area (Å²) >= 11 is 1.71. The van der Waals surface area contributed by atoms with Gasteiger partial charge in [0.2, 0.25) is 0 Å². The zero-order valence-corrected chi connectivity index (χ0v) is 18.3. The lowest BCUT2D eigenvalue weighted by Crippen LogP contribution is -2.16. The number of hydrogen-bond acceptors (Lipinski definition) is 4. The standard InChI is InChI=1S/C25H26N2O3S/c1-26-24-22(20-4-2-3-5-21(20)31-24)23(28)27-19-14-10-17(11-15-19)7-6-16-8-12-18(13-9-16)25(29)30/h8-15,26H,2-7H2,1H3,(H,27,28)(H,29,30). The fraction of sp³-hybridized carbons (Fsp3) is 0.280. The number of aromatic carboxylic acids is 1. The third-order valence-corrected chi connectivity index (χ3v) is 7.05. The van der Waals surface area contributed by atoms with Crippen molar-refractivity contribution in [1.29, 1.82) is 0 Å². The van der Waals surface area contributed by atoms with E-state index in [4.69, 9.17) is 5.11 Å². The average molecular weight is 435 g/mol. The Labute approximate surface area is 186 Å². The minimum atomic E-state index is -0.908. The minimum Gasteiger partial charge on any atom is -0.478 e. The molecule has 0 radical (unpaired) electrons. The van der Waals surface area contributed by atoms with Crippen molar-refractivity contribution in [2.75, 3.05) is 17.7 Å². The van der Waals surface area contributed by atoms with Crippen LogP contribution >= 0.6 is 11.3 Å². The van der Waals surface area contributed by atoms with Gasteiger partial charge < -0.3 is 15.7 Å². The van der Waals surface area contributed by atoms with Crippen LogP contribution in [0.4, 0.5) is 10.7 Å². The van der Waals surface area contributed by atoms with Gasteiger partial charge in [-0.25, -0.2) is 4.79 Å². The van der Waals surface area contributed by atoms with Crippen molar-refractivity contribution in [3.8, 4) is 0 Å². The molecule has 0 saturated heterocycles. The molecule has 0 atom stereocenters. The van der Waals surface area contributed by atoms with Gasteiger partial charge in [0.1, 0.15) is 5.00 Å². The molecule has 5 nitrogen and oxygen atoms in total. The van der Waals surface area contributed by atoms with E-state index < -0.39 is 5.97 Å². The largest absolute Gasteiger partial charge is 0.478 e. The molecule has 0 aliphatic heterocycles. The molecule has 31 heavy (non-hydrogen) atoms. The molecule has 0 spiro atoms. The number of rotatable bonds is 7. The van der Waals surface area contributed by atoms with Crippen molar-refractivity contribution in [3.05, 3.63) is 81.2 Å². The highest BCUT2D eigenvalue weighted by atomic mass is 32.1. The first-order chi connectivity index (χ1) is 15.0. The van der Waals surface area contributed by atoms with Crippen molar-refractivity contribution in [1.82, 2.24) is 0 Å². The number of aryl methyl sites for hydroxylation is 3. The summed E-state index contributed by atoms with van der Waals surface area (Å²) in [5, 5.41) is 16.2. The van der Waals surface area contributed by atoms with E-state index in [0.29, 0.717) is 5.56 Å². The fourth-order valence-electron chi connectivity index (χ4n) is 4.03. The number of carbonyl (C=O) groups excluding carboxylic acids is 1. The molecule has 1 aliphatic rings. The quantitative estimate of drug-likeness (QED) is 0.465. The van der Waals surface area contributed by atoms with Gasteiger partial charge in [0.15, 0.2) is 0 Å². The van der Waals surface area contributed by atoms with Gasteiger partial charge in [-0.3, -0.25) is 4.79 Å². The maximum atomic E-state index is 13.0. The number of hydrogen-bond donors (Lipinski definition) is 3. The molecule has 0 fully saturated rings. The van der Waals surface area contributed by atoms with Gasteiger partial charge in [-0.2, -0.15) is 0 Å². The molecular formula is C25H26N2O3S. The first-order valence-corrected chi connectivity index (χ1v) is 11.4. The Bertz CT molecular complexity index is 1090. The number of amides is 1. The zero-order valence-electron chi connectivity index (χ0n) is 17.5. The van der Waals surface area contributed by atoms with Crippen LogP contribution in [0.5, 0.6) is 0 Å². The molecule has 3 N–H and O–H groups in total. The van der Waals surface area contributed by atoms with Crippen LogP contribution in [0.2, 0.25) is 0 Å². The van der Waals surface area contributed by atoms with Crippen molar-refractivity contribution in [2.24, 2.45) is 0 Å². The number of fused-ring (bicyclic) bond motifs is 1. The molecule has 6 heteroatoms. The number of nitrogens with one attached hydrogen (secondary N) is 2. The van der Waals surface area contributed by atoms with Crippen LogP contribution in [0.1, 0.15) is 55.1 Å². The van der Waals surface area contributed by atoms with Crippen LogP contribution in [0.25, 0.3) is 0 Å². The molecule has 2 aromatic carbocycles. The summed E-state index contributed by atoms with van der Waals surface area (Å²) in [6.45, 7) is 0. The van der Waals surface area contributed by atoms with Crippen molar-refractivity contribution in [2.45, 2.75) is 38.5 Å². The summed E-state index contributed by atoms with van der Waals surface area (Å²) in [5.41, 5.74) is 5.38. The number of anilines is 2. The predicted molar refractivity (Wildman–Crippen MR) is 126 cm³/mol. The third kappa shape index (κ3) is 4.80. The van der Waals surface area contributed by atoms with Crippen molar-refractivity contribution < 1.29 is 14.7 Å². The summed E-state index contributed by atoms with van der Waals surface area (Å²) in [6, 6.07) is 14.9. The highest BCUT2D eigenvalue weighted by Crippen LogP contribution is 2.38. The van der Waals surface area contributed by atoms with E-state index >= 15 is 0 Å². The van der Waals surface area contributed by atoms with Crippen LogP contribution in [-0.4, -0.2) is 24.0 Å². The first-order valence-electron chi connectivity index (χ1n) is 10.6. The molecular weight excluding hydrogens is 408 g/mol. The van der Waals surface area contributed by atoms with Crippen LogP contribution < -0.4 is 10.6 Å². The van der Waals surface area contributed by atoms with E-state index in [9.17, 15) is 9.59 Å². The maximum absolute atomic E-state index is 13.0. The van der Waals surface area contributed by atoms with Gasteiger partial charge in [0.05, 0.1) is 11.1 Å². The van der Waals surface area contributed by atoms with Crippen molar-refractivity contribution >= 4 is 33.9 Å². The van der Waals surface area contributed by atoms with Crippen LogP contribution in [0.3, 0.4) is 0 Å². The van der Waals surface area contributed by atoms with Gasteiger partial charge in [-0.1, -0.05) is 24.3 Å². The van der Waals surface area contributed by atoms with E-state index in [0.717, 1.165) is 53.9 Å². The summed E-state index contributed by atoms with van der Waals surface area (Å²) in [5.74, 6) is -0.955. The smallest absolute Gasteiger partial charge is 0.335 e. The first kappa shape index (κ1) is 21.1. The summed E-state index contributed by atoms with van der Waals surface area (Å²) in [6.07, 6.45) is 6.06. The van der Waals surface area contributed by atoms with Gasteiger partial charge in [0.25, 0.3) is 5.91 Å². The molecule has 4 rings (SSSR count). The second-order valence-electron chi connectivity index (χ2n) is 7.82. The summed E-state index contributed by atoms with van der Waals surface area (Å²) in [7, 11) is 1.87. The van der Waals surface area contributed by atoms with E-state index in [1.165, 1.54) is 22.4 Å². The second kappa shape index (κ2) is 9.35. The lowest BCUT2D eigenvalue weighted by atomic mass is 9.95. The molecule has 0 bridgehead atoms. The Morgan fingerprint density at radius 3 is 2.16 bits per heavy atom. The Hall–Kier alpha value is -3.12. The number of thiophene rings is 1. The Balaban J connectivity index is 1.39. The molecule has 0 saturated carbocycles. The number of carboxylic acid groups (broad SMARTS) is 1. The van der Waals surface area contributed by atoms with E-state index in [1.807, 2.05) is 43.4 Å². The highest BCUT2D eigenvalue weighted by molar-refractivity contribution is 7.16. The molecule has 1 aliphatic carbocycles. The van der Waals surface area contributed by atoms with Gasteiger partial charge in [-0.15, -0.1) is 11.3 Å². The fourth-order valence-corrected chi connectivity index (χ4v) is 5.27. The normalized spacial score (nSPS) is 12.8.